The third-order valence-corrected chi connectivity index (χ3v) is 1.50. The van der Waals surface area contributed by atoms with Gasteiger partial charge >= 0.3 is 0 Å². The fourth-order valence-electron chi connectivity index (χ4n) is 0.475. The van der Waals surface area contributed by atoms with E-state index >= 15 is 0 Å². The maximum absolute atomic E-state index is 9.49. The Labute approximate surface area is 62.5 Å². The Hall–Kier alpha value is -0.920. The van der Waals surface area contributed by atoms with Crippen molar-refractivity contribution in [1.29, 1.82) is 0 Å². The lowest BCUT2D eigenvalue weighted by atomic mass is 9.78. The minimum absolute atomic E-state index is 0.462. The van der Waals surface area contributed by atoms with Crippen molar-refractivity contribution >= 4 is 0 Å². The summed E-state index contributed by atoms with van der Waals surface area (Å²) in [5, 5.41) is 9.49. The molecule has 0 heterocycles. The molecule has 0 saturated carbocycles. The molecule has 0 spiro atoms. The van der Waals surface area contributed by atoms with E-state index in [1.165, 1.54) is 0 Å². The second kappa shape index (κ2) is 2.37. The second-order valence-corrected chi connectivity index (χ2v) is 3.25. The Kier molecular flexibility index (Phi) is 2.15. The van der Waals surface area contributed by atoms with E-state index in [4.69, 9.17) is 12.8 Å². The van der Waals surface area contributed by atoms with Crippen LogP contribution in [0, 0.1) is 30.1 Å². The topological polar surface area (TPSA) is 20.2 Å². The molecule has 0 radical (unpaired) electrons. The van der Waals surface area contributed by atoms with E-state index in [0.29, 0.717) is 0 Å². The van der Waals surface area contributed by atoms with Gasteiger partial charge in [-0.15, -0.1) is 12.8 Å². The first-order valence-electron chi connectivity index (χ1n) is 3.05. The predicted octanol–water partition coefficient (Wildman–Crippen LogP) is 1.03. The third kappa shape index (κ3) is 1.32. The zero-order valence-corrected chi connectivity index (χ0v) is 6.60. The molecule has 1 N–H and O–H groups in total. The summed E-state index contributed by atoms with van der Waals surface area (Å²) >= 11 is 0. The van der Waals surface area contributed by atoms with Crippen molar-refractivity contribution in [2.45, 2.75) is 26.4 Å². The molecule has 54 valence electrons. The molecule has 0 fully saturated rings. The third-order valence-electron chi connectivity index (χ3n) is 1.50. The number of rotatable bonds is 0. The van der Waals surface area contributed by atoms with Gasteiger partial charge in [0.25, 0.3) is 0 Å². The van der Waals surface area contributed by atoms with Crippen LogP contribution < -0.4 is 0 Å². The first kappa shape index (κ1) is 9.08. The van der Waals surface area contributed by atoms with Gasteiger partial charge in [-0.2, -0.15) is 0 Å². The van der Waals surface area contributed by atoms with Crippen LogP contribution in [0.4, 0.5) is 0 Å². The van der Waals surface area contributed by atoms with Crippen LogP contribution in [0.5, 0.6) is 0 Å². The molecule has 0 aliphatic rings. The lowest BCUT2D eigenvalue weighted by molar-refractivity contribution is 0.0492. The van der Waals surface area contributed by atoms with E-state index in [1.54, 1.807) is 20.8 Å². The molecule has 0 bridgehead atoms. The van der Waals surface area contributed by atoms with Gasteiger partial charge in [0.1, 0.15) is 0 Å². The van der Waals surface area contributed by atoms with Crippen LogP contribution in [0.2, 0.25) is 0 Å². The molecule has 0 aromatic heterocycles. The molecule has 0 aliphatic heterocycles. The van der Waals surface area contributed by atoms with Gasteiger partial charge in [0.2, 0.25) is 0 Å². The predicted molar refractivity (Wildman–Crippen MR) is 42.1 cm³/mol. The van der Waals surface area contributed by atoms with Crippen LogP contribution >= 0.6 is 0 Å². The van der Waals surface area contributed by atoms with Gasteiger partial charge < -0.3 is 5.11 Å². The number of hydrogen-bond donors (Lipinski definition) is 1. The van der Waals surface area contributed by atoms with Crippen molar-refractivity contribution in [3.05, 3.63) is 0 Å². The summed E-state index contributed by atoms with van der Waals surface area (Å²) in [6.07, 6.45) is 10.1. The summed E-state index contributed by atoms with van der Waals surface area (Å²) in [5.41, 5.74) is -1.89. The average molecular weight is 136 g/mol. The standard InChI is InChI=1S/C9H12O/c1-6-9(10,7-2)8(3,4)5/h1-2,10H,3-5H3. The molecule has 0 atom stereocenters. The van der Waals surface area contributed by atoms with Crippen LogP contribution in [0.1, 0.15) is 20.8 Å². The highest BCUT2D eigenvalue weighted by Crippen LogP contribution is 2.28. The van der Waals surface area contributed by atoms with Crippen LogP contribution in [-0.4, -0.2) is 10.7 Å². The zero-order chi connectivity index (χ0) is 8.41. The van der Waals surface area contributed by atoms with Crippen molar-refractivity contribution in [1.82, 2.24) is 0 Å². The first-order valence-corrected chi connectivity index (χ1v) is 3.05. The second-order valence-electron chi connectivity index (χ2n) is 3.25. The highest BCUT2D eigenvalue weighted by atomic mass is 16.3. The van der Waals surface area contributed by atoms with Crippen LogP contribution in [0.25, 0.3) is 0 Å². The number of hydrogen-bond acceptors (Lipinski definition) is 1. The Morgan fingerprint density at radius 1 is 1.10 bits per heavy atom. The van der Waals surface area contributed by atoms with Gasteiger partial charge in [0, 0.05) is 5.41 Å². The minimum atomic E-state index is -1.42. The summed E-state index contributed by atoms with van der Waals surface area (Å²) in [7, 11) is 0. The highest BCUT2D eigenvalue weighted by molar-refractivity contribution is 5.28. The van der Waals surface area contributed by atoms with Crippen molar-refractivity contribution in [2.24, 2.45) is 5.41 Å². The molecular formula is C9H12O. The molecule has 10 heavy (non-hydrogen) atoms. The van der Waals surface area contributed by atoms with Gasteiger partial charge in [-0.1, -0.05) is 32.6 Å². The van der Waals surface area contributed by atoms with E-state index in [0.717, 1.165) is 0 Å². The van der Waals surface area contributed by atoms with E-state index in [1.807, 2.05) is 0 Å². The van der Waals surface area contributed by atoms with Gasteiger partial charge in [-0.05, 0) is 0 Å². The van der Waals surface area contributed by atoms with Crippen LogP contribution in [0.15, 0.2) is 0 Å². The average Bonchev–Trinajstić information content (AvgIpc) is 1.84. The Morgan fingerprint density at radius 2 is 1.40 bits per heavy atom. The van der Waals surface area contributed by atoms with Crippen molar-refractivity contribution < 1.29 is 5.11 Å². The highest BCUT2D eigenvalue weighted by Gasteiger charge is 2.36. The maximum atomic E-state index is 9.49. The fourth-order valence-corrected chi connectivity index (χ4v) is 0.475. The lowest BCUT2D eigenvalue weighted by Gasteiger charge is -2.30. The van der Waals surface area contributed by atoms with Crippen LogP contribution in [0.3, 0.4) is 0 Å². The van der Waals surface area contributed by atoms with E-state index in [-0.39, 0.29) is 0 Å². The van der Waals surface area contributed by atoms with Crippen LogP contribution in [-0.2, 0) is 0 Å². The first-order chi connectivity index (χ1) is 4.37. The summed E-state index contributed by atoms with van der Waals surface area (Å²) in [5.74, 6) is 4.38. The summed E-state index contributed by atoms with van der Waals surface area (Å²) in [4.78, 5) is 0. The molecule has 0 aromatic carbocycles. The monoisotopic (exact) mass is 136 g/mol. The van der Waals surface area contributed by atoms with E-state index in [9.17, 15) is 5.11 Å². The van der Waals surface area contributed by atoms with E-state index < -0.39 is 11.0 Å². The van der Waals surface area contributed by atoms with E-state index in [2.05, 4.69) is 11.8 Å². The Morgan fingerprint density at radius 3 is 1.40 bits per heavy atom. The largest absolute Gasteiger partial charge is 0.367 e. The molecule has 0 saturated heterocycles. The molecule has 0 amide bonds. The molecular weight excluding hydrogens is 124 g/mol. The zero-order valence-electron chi connectivity index (χ0n) is 6.60. The van der Waals surface area contributed by atoms with Gasteiger partial charge in [0.15, 0.2) is 5.60 Å². The minimum Gasteiger partial charge on any atom is -0.367 e. The van der Waals surface area contributed by atoms with Crippen molar-refractivity contribution in [3.8, 4) is 24.7 Å². The number of aliphatic hydroxyl groups is 1. The molecule has 1 heteroatoms. The summed E-state index contributed by atoms with van der Waals surface area (Å²) in [6.45, 7) is 5.40. The molecule has 0 aromatic rings. The molecule has 0 aliphatic carbocycles. The van der Waals surface area contributed by atoms with Gasteiger partial charge in [-0.25, -0.2) is 0 Å². The molecule has 0 unspecified atom stereocenters. The SMILES string of the molecule is C#CC(O)(C#C)C(C)(C)C. The van der Waals surface area contributed by atoms with Crippen molar-refractivity contribution in [2.75, 3.05) is 0 Å². The summed E-state index contributed by atoms with van der Waals surface area (Å²) < 4.78 is 0. The summed E-state index contributed by atoms with van der Waals surface area (Å²) in [6, 6.07) is 0. The molecule has 1 nitrogen and oxygen atoms in total. The van der Waals surface area contributed by atoms with Gasteiger partial charge in [-0.3, -0.25) is 0 Å². The quantitative estimate of drug-likeness (QED) is 0.493. The molecule has 0 rings (SSSR count). The fraction of sp³-hybridized carbons (Fsp3) is 0.556. The van der Waals surface area contributed by atoms with Gasteiger partial charge in [0.05, 0.1) is 0 Å². The Bertz CT molecular complexity index is 180. The maximum Gasteiger partial charge on any atom is 0.191 e. The van der Waals surface area contributed by atoms with Crippen molar-refractivity contribution in [3.63, 3.8) is 0 Å². The lowest BCUT2D eigenvalue weighted by Crippen LogP contribution is -2.39. The normalized spacial score (nSPS) is 11.8. The smallest absolute Gasteiger partial charge is 0.191 e. The number of terminal acetylenes is 2. The Balaban J connectivity index is 4.77.